The first-order valence-corrected chi connectivity index (χ1v) is 11.5. The number of hydrogen-bond acceptors (Lipinski definition) is 2. The van der Waals surface area contributed by atoms with Crippen molar-refractivity contribution in [2.75, 3.05) is 13.8 Å². The molecule has 0 spiro atoms. The Bertz CT molecular complexity index is 250. The van der Waals surface area contributed by atoms with Gasteiger partial charge in [0.05, 0.1) is 0 Å². The van der Waals surface area contributed by atoms with E-state index in [9.17, 15) is 9.59 Å². The van der Waals surface area contributed by atoms with Crippen LogP contribution in [0.5, 0.6) is 0 Å². The van der Waals surface area contributed by atoms with Gasteiger partial charge in [0.25, 0.3) is 0 Å². The van der Waals surface area contributed by atoms with Gasteiger partial charge in [0.2, 0.25) is 0 Å². The molecule has 5 heteroatoms. The molecule has 1 rings (SSSR count). The Kier molecular flexibility index (Phi) is 5.14. The summed E-state index contributed by atoms with van der Waals surface area (Å²) in [5, 5.41) is 1.12. The van der Waals surface area contributed by atoms with Crippen LogP contribution in [0, 0.1) is 0 Å². The van der Waals surface area contributed by atoms with Gasteiger partial charge in [-0.2, -0.15) is 0 Å². The molecule has 14 heavy (non-hydrogen) atoms. The van der Waals surface area contributed by atoms with Crippen LogP contribution >= 0.6 is 19.8 Å². The van der Waals surface area contributed by atoms with Gasteiger partial charge in [-0.05, 0) is 0 Å². The van der Waals surface area contributed by atoms with Crippen molar-refractivity contribution in [3.8, 4) is 0 Å². The van der Waals surface area contributed by atoms with E-state index in [0.29, 0.717) is 0 Å². The molecule has 1 aliphatic heterocycles. The Labute approximate surface area is 98.2 Å². The van der Waals surface area contributed by atoms with Gasteiger partial charge in [-0.3, -0.25) is 0 Å². The van der Waals surface area contributed by atoms with E-state index in [2.05, 4.69) is 11.9 Å². The second-order valence-corrected chi connectivity index (χ2v) is 11.7. The predicted octanol–water partition coefficient (Wildman–Crippen LogP) is 0.837. The molecular weight excluding hydrogens is 308 g/mol. The van der Waals surface area contributed by atoms with Gasteiger partial charge in [-0.15, -0.1) is 0 Å². The summed E-state index contributed by atoms with van der Waals surface area (Å²) in [7, 11) is 0. The first-order chi connectivity index (χ1) is 6.65. The number of hydrogen-bond donors (Lipinski definition) is 0. The maximum absolute atomic E-state index is 11.2. The molecule has 0 aliphatic carbocycles. The van der Waals surface area contributed by atoms with Gasteiger partial charge >= 0.3 is 98.7 Å². The fourth-order valence-electron chi connectivity index (χ4n) is 1.23. The Morgan fingerprint density at radius 3 is 2.43 bits per heavy atom. The molecule has 0 atom stereocenters. The van der Waals surface area contributed by atoms with E-state index >= 15 is 0 Å². The third kappa shape index (κ3) is 3.37. The zero-order valence-electron chi connectivity index (χ0n) is 8.62. The fourth-order valence-corrected chi connectivity index (χ4v) is 8.47. The average Bonchev–Trinajstić information content (AvgIpc) is 2.48. The number of imide groups is 1. The molecule has 1 heterocycles. The maximum atomic E-state index is 11.2. The van der Waals surface area contributed by atoms with Crippen LogP contribution in [0.25, 0.3) is 0 Å². The molecule has 0 fully saturated rings. The molecule has 78 valence electrons. The molecule has 3 nitrogen and oxygen atoms in total. The fraction of sp³-hybridized carbons (Fsp3) is 0.556. The predicted molar refractivity (Wildman–Crippen MR) is 68.3 cm³/mol. The van der Waals surface area contributed by atoms with Crippen LogP contribution in [0.15, 0.2) is 12.2 Å². The monoisotopic (exact) mass is 323 g/mol. The molecule has 0 saturated carbocycles. The van der Waals surface area contributed by atoms with Crippen molar-refractivity contribution in [1.82, 2.24) is 3.88 Å². The van der Waals surface area contributed by atoms with Gasteiger partial charge in [0.15, 0.2) is 0 Å². The summed E-state index contributed by atoms with van der Waals surface area (Å²) < 4.78 is 4.10. The Morgan fingerprint density at radius 2 is 1.93 bits per heavy atom. The number of carbonyl (C=O) groups is 2. The van der Waals surface area contributed by atoms with Crippen LogP contribution < -0.4 is 0 Å². The van der Waals surface area contributed by atoms with Crippen molar-refractivity contribution in [3.63, 3.8) is 0 Å². The third-order valence-corrected chi connectivity index (χ3v) is 10.6. The number of amides is 2. The first kappa shape index (κ1) is 12.2. The van der Waals surface area contributed by atoms with Crippen LogP contribution in [0.1, 0.15) is 6.92 Å². The second-order valence-electron chi connectivity index (χ2n) is 3.19. The number of nitrogens with zero attached hydrogens (tertiary/aromatic N) is 1. The first-order valence-electron chi connectivity index (χ1n) is 4.70. The average molecular weight is 323 g/mol. The van der Waals surface area contributed by atoms with Crippen molar-refractivity contribution in [2.24, 2.45) is 0 Å². The summed E-state index contributed by atoms with van der Waals surface area (Å²) in [6.07, 6.45) is 2.77. The summed E-state index contributed by atoms with van der Waals surface area (Å²) in [6.45, 7) is 2.24. The Morgan fingerprint density at radius 1 is 1.36 bits per heavy atom. The second kappa shape index (κ2) is 5.89. The molecule has 1 aliphatic rings. The number of rotatable bonds is 5. The van der Waals surface area contributed by atoms with E-state index in [1.54, 1.807) is 0 Å². The van der Waals surface area contributed by atoms with Crippen molar-refractivity contribution in [2.45, 2.75) is 12.2 Å². The van der Waals surface area contributed by atoms with Crippen LogP contribution in [0.3, 0.4) is 0 Å². The van der Waals surface area contributed by atoms with E-state index in [-0.39, 0.29) is 11.8 Å². The SMILES string of the molecule is CCI(C)C[CH2][AlH][N]1C(=O)C=CC1=O. The molecule has 0 unspecified atom stereocenters. The van der Waals surface area contributed by atoms with Gasteiger partial charge in [0.1, 0.15) is 0 Å². The van der Waals surface area contributed by atoms with Crippen LogP contribution in [-0.2, 0) is 9.59 Å². The summed E-state index contributed by atoms with van der Waals surface area (Å²) in [5.41, 5.74) is 0. The van der Waals surface area contributed by atoms with Crippen molar-refractivity contribution in [3.05, 3.63) is 12.2 Å². The molecule has 0 radical (unpaired) electrons. The molecule has 0 aromatic heterocycles. The Hall–Kier alpha value is 0.142. The molecule has 0 bridgehead atoms. The molecular formula is C9H15AlINO2. The molecule has 0 N–H and O–H groups in total. The molecule has 0 aromatic rings. The molecule has 0 aromatic carbocycles. The van der Waals surface area contributed by atoms with Gasteiger partial charge in [-0.1, -0.05) is 0 Å². The zero-order valence-corrected chi connectivity index (χ0v) is 12.2. The van der Waals surface area contributed by atoms with Crippen molar-refractivity contribution < 1.29 is 9.59 Å². The Balaban J connectivity index is 2.25. The quantitative estimate of drug-likeness (QED) is 0.325. The van der Waals surface area contributed by atoms with E-state index in [0.717, 1.165) is 5.28 Å². The van der Waals surface area contributed by atoms with Crippen LogP contribution in [-0.4, -0.2) is 44.9 Å². The summed E-state index contributed by atoms with van der Waals surface area (Å²) >= 11 is -1.32. The number of carbonyl (C=O) groups excluding carboxylic acids is 2. The molecule has 2 amide bonds. The molecule has 0 saturated heterocycles. The summed E-state index contributed by atoms with van der Waals surface area (Å²) in [6, 6.07) is 0. The van der Waals surface area contributed by atoms with Crippen LogP contribution in [0.4, 0.5) is 0 Å². The number of alkyl halides is 3. The minimum atomic E-state index is -0.675. The van der Waals surface area contributed by atoms with Crippen molar-refractivity contribution >= 4 is 47.1 Å². The normalized spacial score (nSPS) is 16.4. The van der Waals surface area contributed by atoms with Gasteiger partial charge in [0, 0.05) is 0 Å². The van der Waals surface area contributed by atoms with E-state index in [4.69, 9.17) is 0 Å². The van der Waals surface area contributed by atoms with E-state index in [1.165, 1.54) is 24.9 Å². The zero-order chi connectivity index (χ0) is 10.6. The van der Waals surface area contributed by atoms with E-state index < -0.39 is 35.3 Å². The number of halogens is 1. The third-order valence-electron chi connectivity index (χ3n) is 2.19. The topological polar surface area (TPSA) is 37.4 Å². The summed E-state index contributed by atoms with van der Waals surface area (Å²) in [5.74, 6) is -0.177. The minimum absolute atomic E-state index is 0.0883. The standard InChI is InChI=1S/C5H12I.C4H3NO2.Al.H/c1-4-6(3)5-2;6-3-1-2-4(7)5-3;;/h1,4-5H2,2-3H3;1-2H,(H,5,6,7);;/q;;+1;/p-1. The van der Waals surface area contributed by atoms with Gasteiger partial charge in [-0.25, -0.2) is 0 Å². The summed E-state index contributed by atoms with van der Waals surface area (Å²) in [4.78, 5) is 24.8. The van der Waals surface area contributed by atoms with Gasteiger partial charge < -0.3 is 0 Å². The van der Waals surface area contributed by atoms with Crippen LogP contribution in [0.2, 0.25) is 5.28 Å². The van der Waals surface area contributed by atoms with E-state index in [1.807, 2.05) is 0 Å². The van der Waals surface area contributed by atoms with Crippen molar-refractivity contribution in [1.29, 1.82) is 0 Å².